The van der Waals surface area contributed by atoms with Crippen molar-refractivity contribution >= 4 is 22.4 Å². The average Bonchev–Trinajstić information content (AvgIpc) is 2.32. The Bertz CT molecular complexity index is 535. The molecule has 0 radical (unpaired) electrons. The second-order valence-electron chi connectivity index (χ2n) is 3.80. The molecule has 0 nitrogen and oxygen atoms in total. The van der Waals surface area contributed by atoms with Crippen LogP contribution in [0.15, 0.2) is 36.4 Å². The second kappa shape index (κ2) is 5.05. The number of hydrogen-bond acceptors (Lipinski definition) is 0. The van der Waals surface area contributed by atoms with E-state index in [4.69, 9.17) is 18.0 Å². The third-order valence-electron chi connectivity index (χ3n) is 2.73. The van der Waals surface area contributed by atoms with Crippen LogP contribution >= 0.6 is 11.6 Å². The van der Waals surface area contributed by atoms with Gasteiger partial charge in [-0.1, -0.05) is 41.9 Å². The van der Waals surface area contributed by atoms with E-state index in [0.29, 0.717) is 0 Å². The molecule has 0 amide bonds. The smallest absolute Gasteiger partial charge is 0.0444 e. The minimum Gasteiger partial charge on any atom is -0.120 e. The number of rotatable bonds is 3. The predicted octanol–water partition coefficient (Wildman–Crippen LogP) is 4.45. The van der Waals surface area contributed by atoms with Gasteiger partial charge in [0, 0.05) is 11.4 Å². The van der Waals surface area contributed by atoms with Crippen molar-refractivity contribution in [3.63, 3.8) is 0 Å². The Labute approximate surface area is 101 Å². The first-order chi connectivity index (χ1) is 7.83. The molecular formula is C15H13Cl. The van der Waals surface area contributed by atoms with E-state index < -0.39 is 0 Å². The van der Waals surface area contributed by atoms with Crippen LogP contribution in [-0.2, 0) is 6.42 Å². The maximum Gasteiger partial charge on any atom is 0.0444 e. The van der Waals surface area contributed by atoms with E-state index in [1.165, 1.54) is 16.3 Å². The van der Waals surface area contributed by atoms with Gasteiger partial charge >= 0.3 is 0 Å². The van der Waals surface area contributed by atoms with Gasteiger partial charge in [-0.05, 0) is 35.2 Å². The molecule has 0 fully saturated rings. The predicted molar refractivity (Wildman–Crippen MR) is 70.7 cm³/mol. The molecule has 80 valence electrons. The van der Waals surface area contributed by atoms with Crippen molar-refractivity contribution in [1.29, 1.82) is 0 Å². The molecule has 0 aliphatic rings. The van der Waals surface area contributed by atoms with Crippen molar-refractivity contribution in [2.75, 3.05) is 0 Å². The third kappa shape index (κ3) is 2.21. The van der Waals surface area contributed by atoms with Gasteiger partial charge in [0.05, 0.1) is 0 Å². The van der Waals surface area contributed by atoms with Gasteiger partial charge in [0.2, 0.25) is 0 Å². The molecule has 0 aliphatic carbocycles. The van der Waals surface area contributed by atoms with Crippen LogP contribution in [0, 0.1) is 12.3 Å². The van der Waals surface area contributed by atoms with Gasteiger partial charge in [0.25, 0.3) is 0 Å². The molecule has 2 aromatic rings. The van der Waals surface area contributed by atoms with Crippen LogP contribution < -0.4 is 0 Å². The molecule has 2 aromatic carbocycles. The summed E-state index contributed by atoms with van der Waals surface area (Å²) in [6, 6.07) is 12.3. The summed E-state index contributed by atoms with van der Waals surface area (Å²) in [6.07, 6.45) is 8.00. The van der Waals surface area contributed by atoms with Crippen molar-refractivity contribution in [3.8, 4) is 12.3 Å². The van der Waals surface area contributed by atoms with Gasteiger partial charge in [0.15, 0.2) is 0 Å². The fraction of sp³-hybridized carbons (Fsp3) is 0.200. The van der Waals surface area contributed by atoms with Gasteiger partial charge < -0.3 is 0 Å². The van der Waals surface area contributed by atoms with Gasteiger partial charge in [-0.3, -0.25) is 0 Å². The van der Waals surface area contributed by atoms with E-state index >= 15 is 0 Å². The molecule has 1 heteroatoms. The number of fused-ring (bicyclic) bond motifs is 1. The molecule has 0 atom stereocenters. The highest BCUT2D eigenvalue weighted by Gasteiger charge is 2.04. The minimum absolute atomic E-state index is 0.805. The van der Waals surface area contributed by atoms with Gasteiger partial charge in [-0.25, -0.2) is 0 Å². The first kappa shape index (κ1) is 11.0. The van der Waals surface area contributed by atoms with E-state index in [1.54, 1.807) is 0 Å². The molecule has 0 unspecified atom stereocenters. The molecular weight excluding hydrogens is 216 g/mol. The lowest BCUT2D eigenvalue weighted by Crippen LogP contribution is -1.89. The van der Waals surface area contributed by atoms with Gasteiger partial charge in [-0.2, -0.15) is 0 Å². The van der Waals surface area contributed by atoms with Crippen LogP contribution in [0.2, 0.25) is 5.02 Å². The van der Waals surface area contributed by atoms with E-state index in [2.05, 4.69) is 24.1 Å². The summed E-state index contributed by atoms with van der Waals surface area (Å²) in [5, 5.41) is 3.32. The van der Waals surface area contributed by atoms with Crippen molar-refractivity contribution in [2.24, 2.45) is 0 Å². The fourth-order valence-electron chi connectivity index (χ4n) is 1.93. The number of benzene rings is 2. The monoisotopic (exact) mass is 228 g/mol. The average molecular weight is 229 g/mol. The molecule has 0 bridgehead atoms. The van der Waals surface area contributed by atoms with E-state index in [-0.39, 0.29) is 0 Å². The van der Waals surface area contributed by atoms with Crippen molar-refractivity contribution in [3.05, 3.63) is 47.0 Å². The van der Waals surface area contributed by atoms with Crippen LogP contribution in [0.25, 0.3) is 10.8 Å². The Balaban J connectivity index is 2.41. The van der Waals surface area contributed by atoms with E-state index in [9.17, 15) is 0 Å². The summed E-state index contributed by atoms with van der Waals surface area (Å²) in [5.41, 5.74) is 1.22. The highest BCUT2D eigenvalue weighted by atomic mass is 35.5. The molecule has 0 heterocycles. The number of terminal acetylenes is 1. The lowest BCUT2D eigenvalue weighted by Gasteiger charge is -2.08. The molecule has 16 heavy (non-hydrogen) atoms. The summed E-state index contributed by atoms with van der Waals surface area (Å²) in [5.74, 6) is 2.66. The first-order valence-electron chi connectivity index (χ1n) is 5.42. The minimum atomic E-state index is 0.805. The summed E-state index contributed by atoms with van der Waals surface area (Å²) in [4.78, 5) is 0. The lowest BCUT2D eigenvalue weighted by molar-refractivity contribution is 0.864. The molecule has 0 spiro atoms. The zero-order valence-electron chi connectivity index (χ0n) is 9.04. The zero-order valence-corrected chi connectivity index (χ0v) is 9.80. The van der Waals surface area contributed by atoms with Crippen LogP contribution in [0.1, 0.15) is 18.4 Å². The fourth-order valence-corrected chi connectivity index (χ4v) is 2.19. The first-order valence-corrected chi connectivity index (χ1v) is 5.80. The van der Waals surface area contributed by atoms with Crippen LogP contribution in [-0.4, -0.2) is 0 Å². The molecule has 2 rings (SSSR count). The number of halogens is 1. The van der Waals surface area contributed by atoms with Crippen molar-refractivity contribution < 1.29 is 0 Å². The van der Waals surface area contributed by atoms with Crippen LogP contribution in [0.4, 0.5) is 0 Å². The van der Waals surface area contributed by atoms with Crippen LogP contribution in [0.3, 0.4) is 0 Å². The molecule has 0 N–H and O–H groups in total. The van der Waals surface area contributed by atoms with E-state index in [1.807, 2.05) is 18.2 Å². The Morgan fingerprint density at radius 1 is 1.12 bits per heavy atom. The Kier molecular flexibility index (Phi) is 3.49. The lowest BCUT2D eigenvalue weighted by atomic mass is 10.0. The quantitative estimate of drug-likeness (QED) is 0.538. The highest BCUT2D eigenvalue weighted by Crippen LogP contribution is 2.27. The maximum atomic E-state index is 6.23. The molecule has 0 saturated carbocycles. The standard InChI is InChI=1S/C15H13Cl/c1-2-3-4-9-14-13-8-6-5-7-12(13)10-11-15(14)16/h1,5-8,10-11H,3-4,9H2. The van der Waals surface area contributed by atoms with Gasteiger partial charge in [-0.15, -0.1) is 12.3 Å². The maximum absolute atomic E-state index is 6.23. The normalized spacial score (nSPS) is 10.2. The van der Waals surface area contributed by atoms with Crippen molar-refractivity contribution in [2.45, 2.75) is 19.3 Å². The number of aryl methyl sites for hydroxylation is 1. The largest absolute Gasteiger partial charge is 0.120 e. The zero-order chi connectivity index (χ0) is 11.4. The Hall–Kier alpha value is -1.45. The van der Waals surface area contributed by atoms with Crippen LogP contribution in [0.5, 0.6) is 0 Å². The summed E-state index contributed by atoms with van der Waals surface area (Å²) in [6.45, 7) is 0. The number of hydrogen-bond donors (Lipinski definition) is 0. The van der Waals surface area contributed by atoms with E-state index in [0.717, 1.165) is 24.3 Å². The summed E-state index contributed by atoms with van der Waals surface area (Å²) in [7, 11) is 0. The topological polar surface area (TPSA) is 0 Å². The summed E-state index contributed by atoms with van der Waals surface area (Å²) < 4.78 is 0. The van der Waals surface area contributed by atoms with Gasteiger partial charge in [0.1, 0.15) is 0 Å². The molecule has 0 saturated heterocycles. The number of unbranched alkanes of at least 4 members (excludes halogenated alkanes) is 1. The van der Waals surface area contributed by atoms with Crippen molar-refractivity contribution in [1.82, 2.24) is 0 Å². The highest BCUT2D eigenvalue weighted by molar-refractivity contribution is 6.32. The second-order valence-corrected chi connectivity index (χ2v) is 4.21. The Morgan fingerprint density at radius 2 is 1.94 bits per heavy atom. The SMILES string of the molecule is C#CCCCc1c(Cl)ccc2ccccc12. The molecule has 0 aliphatic heterocycles. The molecule has 0 aromatic heterocycles. The summed E-state index contributed by atoms with van der Waals surface area (Å²) >= 11 is 6.23. The Morgan fingerprint density at radius 3 is 2.75 bits per heavy atom. The third-order valence-corrected chi connectivity index (χ3v) is 3.09.